The third-order valence-corrected chi connectivity index (χ3v) is 6.21. The van der Waals surface area contributed by atoms with Crippen LogP contribution in [-0.4, -0.2) is 27.0 Å². The largest absolute Gasteiger partial charge is 0.454 e. The minimum Gasteiger partial charge on any atom is -0.454 e. The zero-order valence-electron chi connectivity index (χ0n) is 18.7. The van der Waals surface area contributed by atoms with Crippen LogP contribution in [0.3, 0.4) is 0 Å². The maximum Gasteiger partial charge on any atom is 0.294 e. The van der Waals surface area contributed by atoms with E-state index in [4.69, 9.17) is 14.6 Å². The highest BCUT2D eigenvalue weighted by Gasteiger charge is 2.17. The van der Waals surface area contributed by atoms with Gasteiger partial charge in [0.1, 0.15) is 5.69 Å². The van der Waals surface area contributed by atoms with Crippen molar-refractivity contribution >= 4 is 34.1 Å². The molecular weight excluding hydrogens is 486 g/mol. The van der Waals surface area contributed by atoms with Crippen molar-refractivity contribution in [2.75, 3.05) is 6.79 Å². The van der Waals surface area contributed by atoms with Crippen molar-refractivity contribution in [2.24, 2.45) is 10.1 Å². The summed E-state index contributed by atoms with van der Waals surface area (Å²) < 4.78 is 12.4. The van der Waals surface area contributed by atoms with E-state index in [0.717, 1.165) is 5.56 Å². The number of non-ortho nitro benzene ring substituents is 1. The molecule has 0 atom stereocenters. The maximum absolute atomic E-state index is 11.5. The monoisotopic (exact) mass is 503 g/mol. The Bertz CT molecular complexity index is 1590. The van der Waals surface area contributed by atoms with Crippen LogP contribution in [0.2, 0.25) is 0 Å². The molecule has 0 amide bonds. The van der Waals surface area contributed by atoms with Crippen molar-refractivity contribution in [1.29, 1.82) is 0 Å². The average Bonchev–Trinajstić information content (AvgIpc) is 3.51. The number of para-hydroxylation sites is 2. The van der Waals surface area contributed by atoms with E-state index in [-0.39, 0.29) is 23.9 Å². The topological polar surface area (TPSA) is 134 Å². The van der Waals surface area contributed by atoms with Gasteiger partial charge in [0.2, 0.25) is 11.6 Å². The van der Waals surface area contributed by atoms with Crippen LogP contribution < -0.4 is 14.3 Å². The van der Waals surface area contributed by atoms with Crippen molar-refractivity contribution in [3.8, 4) is 22.8 Å². The molecule has 0 saturated carbocycles. The number of nitro groups is 2. The first kappa shape index (κ1) is 22.9. The molecule has 2 heterocycles. The first-order chi connectivity index (χ1) is 17.4. The van der Waals surface area contributed by atoms with Crippen LogP contribution in [0.4, 0.5) is 17.1 Å². The number of thiazole rings is 1. The Hall–Kier alpha value is -4.84. The van der Waals surface area contributed by atoms with Crippen LogP contribution >= 0.6 is 11.3 Å². The molecule has 1 aromatic heterocycles. The number of rotatable bonds is 6. The minimum absolute atomic E-state index is 0.0367. The van der Waals surface area contributed by atoms with Crippen LogP contribution in [0.25, 0.3) is 11.3 Å². The Morgan fingerprint density at radius 3 is 2.47 bits per heavy atom. The van der Waals surface area contributed by atoms with E-state index in [0.29, 0.717) is 33.3 Å². The zero-order valence-corrected chi connectivity index (χ0v) is 19.5. The second kappa shape index (κ2) is 9.43. The SMILES string of the molecule is CC(=Nn1c(-c2ccc([N+](=O)[O-])cc2)csc1=Nc1ccccc1[N+](=O)[O-])c1ccc2c(c1)OCO2. The van der Waals surface area contributed by atoms with Crippen molar-refractivity contribution < 1.29 is 19.3 Å². The Morgan fingerprint density at radius 1 is 0.972 bits per heavy atom. The molecule has 0 N–H and O–H groups in total. The average molecular weight is 503 g/mol. The fourth-order valence-corrected chi connectivity index (χ4v) is 4.41. The molecule has 36 heavy (non-hydrogen) atoms. The Labute approximate surface area is 207 Å². The van der Waals surface area contributed by atoms with Crippen LogP contribution in [0.5, 0.6) is 11.5 Å². The Kier molecular flexibility index (Phi) is 6.00. The summed E-state index contributed by atoms with van der Waals surface area (Å²) in [5.74, 6) is 1.26. The molecule has 0 unspecified atom stereocenters. The van der Waals surface area contributed by atoms with E-state index in [2.05, 4.69) is 4.99 Å². The number of hydrogen-bond acceptors (Lipinski definition) is 9. The van der Waals surface area contributed by atoms with Gasteiger partial charge in [0.05, 0.1) is 21.3 Å². The van der Waals surface area contributed by atoms with E-state index in [9.17, 15) is 20.2 Å². The third-order valence-electron chi connectivity index (χ3n) is 5.39. The molecule has 180 valence electrons. The Balaban J connectivity index is 1.67. The second-order valence-electron chi connectivity index (χ2n) is 7.63. The number of fused-ring (bicyclic) bond motifs is 1. The minimum atomic E-state index is -0.491. The lowest BCUT2D eigenvalue weighted by Gasteiger charge is -2.07. The second-order valence-corrected chi connectivity index (χ2v) is 8.47. The van der Waals surface area contributed by atoms with Gasteiger partial charge < -0.3 is 9.47 Å². The third kappa shape index (κ3) is 4.44. The highest BCUT2D eigenvalue weighted by Crippen LogP contribution is 2.33. The van der Waals surface area contributed by atoms with E-state index in [1.165, 1.54) is 29.5 Å². The fraction of sp³-hybridized carbons (Fsp3) is 0.0833. The molecule has 0 bridgehead atoms. The molecule has 1 aliphatic heterocycles. The summed E-state index contributed by atoms with van der Waals surface area (Å²) in [7, 11) is 0. The molecule has 12 heteroatoms. The molecule has 0 aliphatic carbocycles. The van der Waals surface area contributed by atoms with Crippen molar-refractivity contribution in [1.82, 2.24) is 4.68 Å². The van der Waals surface area contributed by atoms with Gasteiger partial charge in [0.15, 0.2) is 11.5 Å². The van der Waals surface area contributed by atoms with Crippen LogP contribution in [0, 0.1) is 20.2 Å². The van der Waals surface area contributed by atoms with Gasteiger partial charge in [-0.15, -0.1) is 11.3 Å². The normalized spacial score (nSPS) is 13.1. The van der Waals surface area contributed by atoms with Gasteiger partial charge in [0.25, 0.3) is 11.4 Å². The molecule has 5 rings (SSSR count). The molecular formula is C24H17N5O6S. The van der Waals surface area contributed by atoms with Gasteiger partial charge >= 0.3 is 0 Å². The van der Waals surface area contributed by atoms with Crippen LogP contribution in [0.15, 0.2) is 82.2 Å². The number of aromatic nitrogens is 1. The highest BCUT2D eigenvalue weighted by molar-refractivity contribution is 7.07. The maximum atomic E-state index is 11.5. The molecule has 1 aliphatic rings. The number of ether oxygens (including phenoxy) is 2. The number of nitrogens with zero attached hydrogens (tertiary/aromatic N) is 5. The summed E-state index contributed by atoms with van der Waals surface area (Å²) in [5, 5.41) is 29.2. The predicted octanol–water partition coefficient (Wildman–Crippen LogP) is 5.27. The summed E-state index contributed by atoms with van der Waals surface area (Å²) in [6.07, 6.45) is 0. The standard InChI is InChI=1S/C24H17N5O6S/c1-15(17-8-11-22-23(12-17)35-14-34-22)26-27-21(16-6-9-18(10-7-16)28(30)31)13-36-24(27)25-19-4-2-3-5-20(19)29(32)33/h2-13H,14H2,1H3. The first-order valence-corrected chi connectivity index (χ1v) is 11.5. The van der Waals surface area contributed by atoms with Crippen molar-refractivity contribution in [3.05, 3.63) is 103 Å². The molecule has 4 aromatic rings. The Morgan fingerprint density at radius 2 is 1.72 bits per heavy atom. The summed E-state index contributed by atoms with van der Waals surface area (Å²) in [6, 6.07) is 17.7. The van der Waals surface area contributed by atoms with Crippen LogP contribution in [0.1, 0.15) is 12.5 Å². The molecule has 0 spiro atoms. The lowest BCUT2D eigenvalue weighted by atomic mass is 10.1. The van der Waals surface area contributed by atoms with Gasteiger partial charge in [-0.3, -0.25) is 20.2 Å². The van der Waals surface area contributed by atoms with E-state index >= 15 is 0 Å². The fourth-order valence-electron chi connectivity index (χ4n) is 3.57. The van der Waals surface area contributed by atoms with Gasteiger partial charge in [-0.2, -0.15) is 5.10 Å². The number of hydrogen-bond donors (Lipinski definition) is 0. The molecule has 0 fully saturated rings. The molecule has 0 radical (unpaired) electrons. The van der Waals surface area contributed by atoms with Crippen molar-refractivity contribution in [2.45, 2.75) is 6.92 Å². The van der Waals surface area contributed by atoms with E-state index in [1.807, 2.05) is 19.1 Å². The predicted molar refractivity (Wildman–Crippen MR) is 133 cm³/mol. The van der Waals surface area contributed by atoms with Gasteiger partial charge in [-0.25, -0.2) is 9.67 Å². The highest BCUT2D eigenvalue weighted by atomic mass is 32.1. The van der Waals surface area contributed by atoms with E-state index < -0.39 is 9.85 Å². The summed E-state index contributed by atoms with van der Waals surface area (Å²) >= 11 is 1.24. The lowest BCUT2D eigenvalue weighted by Crippen LogP contribution is -2.14. The van der Waals surface area contributed by atoms with Crippen LogP contribution in [-0.2, 0) is 0 Å². The quantitative estimate of drug-likeness (QED) is 0.200. The molecule has 0 saturated heterocycles. The molecule has 3 aromatic carbocycles. The number of nitro benzene ring substituents is 2. The smallest absolute Gasteiger partial charge is 0.294 e. The summed E-state index contributed by atoms with van der Waals surface area (Å²) in [4.78, 5) is 26.6. The zero-order chi connectivity index (χ0) is 25.2. The summed E-state index contributed by atoms with van der Waals surface area (Å²) in [6.45, 7) is 1.97. The van der Waals surface area contributed by atoms with Crippen molar-refractivity contribution in [3.63, 3.8) is 0 Å². The summed E-state index contributed by atoms with van der Waals surface area (Å²) in [5.41, 5.74) is 2.71. The lowest BCUT2D eigenvalue weighted by molar-refractivity contribution is -0.384. The van der Waals surface area contributed by atoms with Gasteiger partial charge in [0, 0.05) is 34.7 Å². The first-order valence-electron chi connectivity index (χ1n) is 10.6. The van der Waals surface area contributed by atoms with Gasteiger partial charge in [-0.05, 0) is 43.3 Å². The number of benzene rings is 3. The van der Waals surface area contributed by atoms with E-state index in [1.54, 1.807) is 46.5 Å². The molecule has 11 nitrogen and oxygen atoms in total. The van der Waals surface area contributed by atoms with Gasteiger partial charge in [-0.1, -0.05) is 12.1 Å².